The van der Waals surface area contributed by atoms with E-state index in [2.05, 4.69) is 5.32 Å². The fraction of sp³-hybridized carbons (Fsp3) is 0.533. The Balaban J connectivity index is 2.47. The molecule has 112 valence electrons. The molecule has 0 aromatic heterocycles. The number of carbonyl (C=O) groups is 1. The summed E-state index contributed by atoms with van der Waals surface area (Å²) in [7, 11) is 1.64. The molecular weight excluding hydrogens is 259 g/mol. The highest BCUT2D eigenvalue weighted by Crippen LogP contribution is 2.07. The average Bonchev–Trinajstić information content (AvgIpc) is 2.29. The number of urea groups is 1. The molecule has 0 bridgehead atoms. The zero-order chi connectivity index (χ0) is 15.3. The summed E-state index contributed by atoms with van der Waals surface area (Å²) in [5, 5.41) is 12.5. The van der Waals surface area contributed by atoms with Crippen LogP contribution >= 0.6 is 0 Å². The van der Waals surface area contributed by atoms with Crippen molar-refractivity contribution in [1.29, 1.82) is 0 Å². The highest BCUT2D eigenvalue weighted by Gasteiger charge is 2.20. The Labute approximate surface area is 119 Å². The lowest BCUT2D eigenvalue weighted by molar-refractivity contribution is 0.0528. The standard InChI is InChI=1S/C15H23FN2O2/c1-11(9-12-5-7-13(16)8-6-12)17-14(19)18(4)10-15(2,3)20/h5-8,11,20H,9-10H2,1-4H3,(H,17,19)/t11-/m1/s1. The third-order valence-electron chi connectivity index (χ3n) is 2.80. The van der Waals surface area contributed by atoms with Gasteiger partial charge in [-0.1, -0.05) is 12.1 Å². The van der Waals surface area contributed by atoms with Crippen molar-refractivity contribution in [1.82, 2.24) is 10.2 Å². The van der Waals surface area contributed by atoms with E-state index in [1.807, 2.05) is 6.92 Å². The summed E-state index contributed by atoms with van der Waals surface area (Å²) >= 11 is 0. The first-order chi connectivity index (χ1) is 9.17. The first-order valence-corrected chi connectivity index (χ1v) is 6.66. The minimum atomic E-state index is -0.924. The second kappa shape index (κ2) is 6.70. The predicted molar refractivity (Wildman–Crippen MR) is 77.0 cm³/mol. The minimum Gasteiger partial charge on any atom is -0.389 e. The van der Waals surface area contributed by atoms with E-state index >= 15 is 0 Å². The molecule has 1 aromatic carbocycles. The van der Waals surface area contributed by atoms with Crippen molar-refractivity contribution in [3.63, 3.8) is 0 Å². The topological polar surface area (TPSA) is 52.6 Å². The summed E-state index contributed by atoms with van der Waals surface area (Å²) in [5.74, 6) is -0.268. The van der Waals surface area contributed by atoms with Crippen LogP contribution < -0.4 is 5.32 Å². The van der Waals surface area contributed by atoms with Gasteiger partial charge >= 0.3 is 6.03 Å². The zero-order valence-corrected chi connectivity index (χ0v) is 12.5. The SMILES string of the molecule is C[C@H](Cc1ccc(F)cc1)NC(=O)N(C)CC(C)(C)O. The number of aliphatic hydroxyl groups is 1. The van der Waals surface area contributed by atoms with Gasteiger partial charge < -0.3 is 15.3 Å². The third-order valence-corrected chi connectivity index (χ3v) is 2.80. The van der Waals surface area contributed by atoms with Crippen molar-refractivity contribution in [3.05, 3.63) is 35.6 Å². The van der Waals surface area contributed by atoms with Crippen molar-refractivity contribution in [3.8, 4) is 0 Å². The maximum atomic E-state index is 12.8. The molecule has 2 N–H and O–H groups in total. The fourth-order valence-electron chi connectivity index (χ4n) is 2.00. The van der Waals surface area contributed by atoms with E-state index < -0.39 is 5.60 Å². The van der Waals surface area contributed by atoms with Crippen LogP contribution in [0.25, 0.3) is 0 Å². The van der Waals surface area contributed by atoms with Crippen molar-refractivity contribution in [2.75, 3.05) is 13.6 Å². The van der Waals surface area contributed by atoms with Gasteiger partial charge in [-0.05, 0) is 44.9 Å². The van der Waals surface area contributed by atoms with Crippen LogP contribution in [-0.4, -0.2) is 41.3 Å². The van der Waals surface area contributed by atoms with Crippen LogP contribution in [0.4, 0.5) is 9.18 Å². The molecule has 1 atom stereocenters. The van der Waals surface area contributed by atoms with Crippen molar-refractivity contribution in [2.24, 2.45) is 0 Å². The van der Waals surface area contributed by atoms with Crippen LogP contribution in [0.15, 0.2) is 24.3 Å². The van der Waals surface area contributed by atoms with Gasteiger partial charge in [0.1, 0.15) is 5.82 Å². The van der Waals surface area contributed by atoms with E-state index in [9.17, 15) is 14.3 Å². The number of amides is 2. The fourth-order valence-corrected chi connectivity index (χ4v) is 2.00. The first-order valence-electron chi connectivity index (χ1n) is 6.66. The Morgan fingerprint density at radius 2 is 1.95 bits per heavy atom. The second-order valence-corrected chi connectivity index (χ2v) is 5.85. The normalized spacial score (nSPS) is 12.9. The molecule has 0 saturated carbocycles. The maximum absolute atomic E-state index is 12.8. The van der Waals surface area contributed by atoms with Crippen LogP contribution in [0.1, 0.15) is 26.3 Å². The number of likely N-dealkylation sites (N-methyl/N-ethyl adjacent to an activating group) is 1. The van der Waals surface area contributed by atoms with Crippen LogP contribution in [0.2, 0.25) is 0 Å². The maximum Gasteiger partial charge on any atom is 0.317 e. The van der Waals surface area contributed by atoms with E-state index in [0.717, 1.165) is 5.56 Å². The molecule has 5 heteroatoms. The Kier molecular flexibility index (Phi) is 5.51. The van der Waals surface area contributed by atoms with Gasteiger partial charge in [0.15, 0.2) is 0 Å². The van der Waals surface area contributed by atoms with Crippen LogP contribution in [0.5, 0.6) is 0 Å². The number of rotatable bonds is 5. The van der Waals surface area contributed by atoms with Crippen LogP contribution in [-0.2, 0) is 6.42 Å². The molecule has 0 fully saturated rings. The third kappa shape index (κ3) is 6.02. The summed E-state index contributed by atoms with van der Waals surface area (Å²) in [6.07, 6.45) is 0.627. The predicted octanol–water partition coefficient (Wildman–Crippen LogP) is 2.17. The van der Waals surface area contributed by atoms with Crippen LogP contribution in [0.3, 0.4) is 0 Å². The number of benzene rings is 1. The molecule has 1 rings (SSSR count). The minimum absolute atomic E-state index is 0.0720. The average molecular weight is 282 g/mol. The Hall–Kier alpha value is -1.62. The molecule has 20 heavy (non-hydrogen) atoms. The van der Waals surface area contributed by atoms with Gasteiger partial charge in [-0.25, -0.2) is 9.18 Å². The number of nitrogens with one attached hydrogen (secondary N) is 1. The van der Waals surface area contributed by atoms with Gasteiger partial charge in [0, 0.05) is 13.1 Å². The summed E-state index contributed by atoms with van der Waals surface area (Å²) in [5.41, 5.74) is 0.0380. The molecule has 0 aliphatic carbocycles. The molecule has 0 saturated heterocycles. The van der Waals surface area contributed by atoms with Gasteiger partial charge in [0.05, 0.1) is 12.1 Å². The van der Waals surface area contributed by atoms with E-state index in [0.29, 0.717) is 6.42 Å². The molecule has 1 aromatic rings. The lowest BCUT2D eigenvalue weighted by atomic mass is 10.1. The Morgan fingerprint density at radius 1 is 1.40 bits per heavy atom. The summed E-state index contributed by atoms with van der Waals surface area (Å²) in [4.78, 5) is 13.4. The largest absolute Gasteiger partial charge is 0.389 e. The molecule has 0 spiro atoms. The Morgan fingerprint density at radius 3 is 2.45 bits per heavy atom. The number of halogens is 1. The Bertz CT molecular complexity index is 440. The lowest BCUT2D eigenvalue weighted by Gasteiger charge is -2.27. The summed E-state index contributed by atoms with van der Waals surface area (Å²) in [6.45, 7) is 5.44. The van der Waals surface area contributed by atoms with Gasteiger partial charge in [-0.15, -0.1) is 0 Å². The number of carbonyl (C=O) groups excluding carboxylic acids is 1. The van der Waals surface area contributed by atoms with Crippen LogP contribution in [0, 0.1) is 5.82 Å². The number of nitrogens with zero attached hydrogens (tertiary/aromatic N) is 1. The van der Waals surface area contributed by atoms with E-state index in [1.54, 1.807) is 33.0 Å². The molecule has 0 unspecified atom stereocenters. The zero-order valence-electron chi connectivity index (χ0n) is 12.5. The first kappa shape index (κ1) is 16.4. The summed E-state index contributed by atoms with van der Waals surface area (Å²) < 4.78 is 12.8. The lowest BCUT2D eigenvalue weighted by Crippen LogP contribution is -2.47. The van der Waals surface area contributed by atoms with Gasteiger partial charge in [0.2, 0.25) is 0 Å². The van der Waals surface area contributed by atoms with Gasteiger partial charge in [-0.2, -0.15) is 0 Å². The molecular formula is C15H23FN2O2. The molecule has 2 amide bonds. The highest BCUT2D eigenvalue weighted by molar-refractivity contribution is 5.74. The number of hydrogen-bond acceptors (Lipinski definition) is 2. The van der Waals surface area contributed by atoms with Crippen molar-refractivity contribution < 1.29 is 14.3 Å². The summed E-state index contributed by atoms with van der Waals surface area (Å²) in [6, 6.07) is 5.92. The molecule has 0 radical (unpaired) electrons. The molecule has 0 aliphatic heterocycles. The van der Waals surface area contributed by atoms with Gasteiger partial charge in [-0.3, -0.25) is 0 Å². The van der Waals surface area contributed by atoms with Crippen molar-refractivity contribution in [2.45, 2.75) is 38.8 Å². The van der Waals surface area contributed by atoms with E-state index in [-0.39, 0.29) is 24.4 Å². The molecule has 4 nitrogen and oxygen atoms in total. The van der Waals surface area contributed by atoms with E-state index in [1.165, 1.54) is 17.0 Å². The van der Waals surface area contributed by atoms with E-state index in [4.69, 9.17) is 0 Å². The quantitative estimate of drug-likeness (QED) is 0.869. The monoisotopic (exact) mass is 282 g/mol. The molecule has 0 heterocycles. The highest BCUT2D eigenvalue weighted by atomic mass is 19.1. The molecule has 0 aliphatic rings. The smallest absolute Gasteiger partial charge is 0.317 e. The van der Waals surface area contributed by atoms with Crippen molar-refractivity contribution >= 4 is 6.03 Å². The number of hydrogen-bond donors (Lipinski definition) is 2. The second-order valence-electron chi connectivity index (χ2n) is 5.85. The van der Waals surface area contributed by atoms with Gasteiger partial charge in [0.25, 0.3) is 0 Å².